The molecule has 28 heavy (non-hydrogen) atoms. The Labute approximate surface area is 160 Å². The molecule has 7 nitrogen and oxygen atoms in total. The Morgan fingerprint density at radius 1 is 1.11 bits per heavy atom. The maximum Gasteiger partial charge on any atom is 0.273 e. The Bertz CT molecular complexity index is 989. The quantitative estimate of drug-likeness (QED) is 0.816. The predicted molar refractivity (Wildman–Crippen MR) is 98.0 cm³/mol. The van der Waals surface area contributed by atoms with Crippen LogP contribution in [-0.2, 0) is 14.4 Å². The van der Waals surface area contributed by atoms with Crippen molar-refractivity contribution in [1.82, 2.24) is 5.48 Å². The summed E-state index contributed by atoms with van der Waals surface area (Å²) in [5, 5.41) is 0. The molecule has 2 aliphatic heterocycles. The summed E-state index contributed by atoms with van der Waals surface area (Å²) >= 11 is 0. The summed E-state index contributed by atoms with van der Waals surface area (Å²) in [5.74, 6) is -0.294. The van der Waals surface area contributed by atoms with Crippen molar-refractivity contribution in [2.75, 3.05) is 19.1 Å². The van der Waals surface area contributed by atoms with Gasteiger partial charge < -0.3 is 9.47 Å². The number of benzene rings is 2. The van der Waals surface area contributed by atoms with Crippen molar-refractivity contribution in [2.24, 2.45) is 0 Å². The van der Waals surface area contributed by atoms with Crippen LogP contribution in [0.4, 0.5) is 10.1 Å². The number of carbonyl (C=O) groups is 2. The van der Waals surface area contributed by atoms with Gasteiger partial charge in [0.25, 0.3) is 5.91 Å². The average Bonchev–Trinajstić information content (AvgIpc) is 3.23. The molecule has 1 atom stereocenters. The van der Waals surface area contributed by atoms with Gasteiger partial charge in [0, 0.05) is 11.6 Å². The molecule has 1 N–H and O–H groups in total. The number of imide groups is 1. The summed E-state index contributed by atoms with van der Waals surface area (Å²) in [4.78, 5) is 32.1. The number of hydrogen-bond acceptors (Lipinski definition) is 6. The second-order valence-corrected chi connectivity index (χ2v) is 6.41. The largest absolute Gasteiger partial charge is 0.497 e. The van der Waals surface area contributed by atoms with Crippen molar-refractivity contribution in [3.63, 3.8) is 0 Å². The highest BCUT2D eigenvalue weighted by atomic mass is 19.1. The molecule has 2 aromatic rings. The van der Waals surface area contributed by atoms with Crippen LogP contribution in [0.2, 0.25) is 0 Å². The van der Waals surface area contributed by atoms with Crippen LogP contribution in [0.15, 0.2) is 48.5 Å². The van der Waals surface area contributed by atoms with E-state index in [1.54, 1.807) is 31.4 Å². The van der Waals surface area contributed by atoms with Gasteiger partial charge in [-0.15, -0.1) is 0 Å². The third kappa shape index (κ3) is 2.78. The number of nitrogens with one attached hydrogen (secondary N) is 1. The molecule has 2 amide bonds. The lowest BCUT2D eigenvalue weighted by molar-refractivity contribution is -0.136. The highest BCUT2D eigenvalue weighted by molar-refractivity contribution is 6.25. The van der Waals surface area contributed by atoms with Gasteiger partial charge in [-0.2, -0.15) is 0 Å². The van der Waals surface area contributed by atoms with E-state index in [1.807, 2.05) is 0 Å². The van der Waals surface area contributed by atoms with Gasteiger partial charge >= 0.3 is 0 Å². The van der Waals surface area contributed by atoms with E-state index in [2.05, 4.69) is 5.48 Å². The van der Waals surface area contributed by atoms with E-state index in [0.717, 1.165) is 4.90 Å². The Balaban J connectivity index is 1.69. The summed E-state index contributed by atoms with van der Waals surface area (Å²) in [7, 11) is 3.07. The van der Waals surface area contributed by atoms with Crippen molar-refractivity contribution < 1.29 is 28.3 Å². The summed E-state index contributed by atoms with van der Waals surface area (Å²) in [5.41, 5.74) is 2.71. The predicted octanol–water partition coefficient (Wildman–Crippen LogP) is 2.42. The zero-order chi connectivity index (χ0) is 19.9. The third-order valence-electron chi connectivity index (χ3n) is 4.73. The molecule has 8 heteroatoms. The Morgan fingerprint density at radius 2 is 1.86 bits per heavy atom. The van der Waals surface area contributed by atoms with Crippen LogP contribution in [0.5, 0.6) is 11.5 Å². The topological polar surface area (TPSA) is 77.1 Å². The first-order valence-corrected chi connectivity index (χ1v) is 8.49. The molecule has 1 fully saturated rings. The number of carbonyl (C=O) groups excluding carboxylic acids is 2. The van der Waals surface area contributed by atoms with Crippen molar-refractivity contribution in [3.05, 3.63) is 59.9 Å². The molecular weight excluding hydrogens is 367 g/mol. The standard InChI is InChI=1S/C20H17FN2O5/c1-26-14-7-8-15(17(9-14)27-2)16-10-20(28-22-16)11-18(24)23(19(20)25)13-5-3-12(21)4-6-13/h3-10,22H,11H2,1-2H3/t20-/m0/s1. The summed E-state index contributed by atoms with van der Waals surface area (Å²) in [6.45, 7) is 0. The Hall–Kier alpha value is -3.39. The Morgan fingerprint density at radius 3 is 2.54 bits per heavy atom. The molecule has 0 aliphatic carbocycles. The van der Waals surface area contributed by atoms with E-state index in [-0.39, 0.29) is 6.42 Å². The second kappa shape index (κ2) is 6.65. The summed E-state index contributed by atoms with van der Waals surface area (Å²) in [6, 6.07) is 10.4. The van der Waals surface area contributed by atoms with E-state index >= 15 is 0 Å². The number of ether oxygens (including phenoxy) is 2. The SMILES string of the molecule is COc1ccc(C2=C[C@@]3(CC(=O)N(c4ccc(F)cc4)C3=O)ON2)c(OC)c1. The van der Waals surface area contributed by atoms with Crippen molar-refractivity contribution in [1.29, 1.82) is 0 Å². The number of halogens is 1. The van der Waals surface area contributed by atoms with Crippen LogP contribution in [0.1, 0.15) is 12.0 Å². The van der Waals surface area contributed by atoms with Crippen LogP contribution in [0.25, 0.3) is 5.70 Å². The zero-order valence-electron chi connectivity index (χ0n) is 15.2. The zero-order valence-corrected chi connectivity index (χ0v) is 15.2. The van der Waals surface area contributed by atoms with Crippen molar-refractivity contribution >= 4 is 23.2 Å². The molecular formula is C20H17FN2O5. The van der Waals surface area contributed by atoms with Gasteiger partial charge in [0.1, 0.15) is 17.3 Å². The number of rotatable bonds is 4. The van der Waals surface area contributed by atoms with Gasteiger partial charge in [0.05, 0.1) is 32.0 Å². The van der Waals surface area contributed by atoms with E-state index in [4.69, 9.17) is 14.3 Å². The fourth-order valence-corrected chi connectivity index (χ4v) is 3.32. The van der Waals surface area contributed by atoms with E-state index in [9.17, 15) is 14.0 Å². The van der Waals surface area contributed by atoms with Crippen LogP contribution in [0, 0.1) is 5.82 Å². The molecule has 144 valence electrons. The molecule has 1 saturated heterocycles. The molecule has 2 heterocycles. The van der Waals surface area contributed by atoms with Crippen molar-refractivity contribution in [2.45, 2.75) is 12.0 Å². The molecule has 0 saturated carbocycles. The third-order valence-corrected chi connectivity index (χ3v) is 4.73. The van der Waals surface area contributed by atoms with Gasteiger partial charge in [0.15, 0.2) is 0 Å². The molecule has 0 unspecified atom stereocenters. The fraction of sp³-hybridized carbons (Fsp3) is 0.200. The van der Waals surface area contributed by atoms with E-state index in [0.29, 0.717) is 28.4 Å². The number of amides is 2. The van der Waals surface area contributed by atoms with Crippen LogP contribution < -0.4 is 19.9 Å². The first-order valence-electron chi connectivity index (χ1n) is 8.49. The fourth-order valence-electron chi connectivity index (χ4n) is 3.32. The number of anilines is 1. The molecule has 2 aromatic carbocycles. The van der Waals surface area contributed by atoms with Crippen LogP contribution >= 0.6 is 0 Å². The maximum atomic E-state index is 13.2. The lowest BCUT2D eigenvalue weighted by Crippen LogP contribution is -2.40. The highest BCUT2D eigenvalue weighted by Gasteiger charge is 2.55. The Kier molecular flexibility index (Phi) is 4.27. The minimum absolute atomic E-state index is 0.168. The first-order chi connectivity index (χ1) is 13.5. The maximum absolute atomic E-state index is 13.2. The van der Waals surface area contributed by atoms with Gasteiger partial charge in [-0.25, -0.2) is 9.29 Å². The molecule has 0 radical (unpaired) electrons. The van der Waals surface area contributed by atoms with E-state index in [1.165, 1.54) is 31.4 Å². The summed E-state index contributed by atoms with van der Waals surface area (Å²) < 4.78 is 23.7. The second-order valence-electron chi connectivity index (χ2n) is 6.41. The molecule has 0 aromatic heterocycles. The van der Waals surface area contributed by atoms with Crippen molar-refractivity contribution in [3.8, 4) is 11.5 Å². The normalized spacial score (nSPS) is 21.1. The number of methoxy groups -OCH3 is 2. The molecule has 2 aliphatic rings. The minimum Gasteiger partial charge on any atom is -0.497 e. The number of nitrogens with zero attached hydrogens (tertiary/aromatic N) is 1. The highest BCUT2D eigenvalue weighted by Crippen LogP contribution is 2.40. The minimum atomic E-state index is -1.47. The average molecular weight is 384 g/mol. The lowest BCUT2D eigenvalue weighted by Gasteiger charge is -2.18. The van der Waals surface area contributed by atoms with E-state index < -0.39 is 23.2 Å². The van der Waals surface area contributed by atoms with Gasteiger partial charge in [-0.1, -0.05) is 0 Å². The number of hydroxylamine groups is 1. The van der Waals surface area contributed by atoms with Crippen LogP contribution in [-0.4, -0.2) is 31.6 Å². The van der Waals surface area contributed by atoms with Crippen LogP contribution in [0.3, 0.4) is 0 Å². The monoisotopic (exact) mass is 384 g/mol. The molecule has 4 rings (SSSR count). The van der Waals surface area contributed by atoms with Gasteiger partial charge in [-0.05, 0) is 42.5 Å². The first kappa shape index (κ1) is 18.0. The lowest BCUT2D eigenvalue weighted by atomic mass is 9.99. The van der Waals surface area contributed by atoms with Gasteiger partial charge in [0.2, 0.25) is 11.5 Å². The van der Waals surface area contributed by atoms with Gasteiger partial charge in [-0.3, -0.25) is 19.9 Å². The smallest absolute Gasteiger partial charge is 0.273 e. The molecule has 1 spiro atoms. The number of hydrogen-bond donors (Lipinski definition) is 1. The molecule has 0 bridgehead atoms. The summed E-state index contributed by atoms with van der Waals surface area (Å²) in [6.07, 6.45) is 1.40.